The molecule has 0 unspecified atom stereocenters. The van der Waals surface area contributed by atoms with E-state index in [1.165, 1.54) is 13.8 Å². The summed E-state index contributed by atoms with van der Waals surface area (Å²) in [5.41, 5.74) is 7.49. The van der Waals surface area contributed by atoms with Crippen LogP contribution in [0.15, 0.2) is 48.5 Å². The number of nitrogens with two attached hydrogens (primary N) is 2. The van der Waals surface area contributed by atoms with Crippen molar-refractivity contribution in [2.75, 3.05) is 10.9 Å². The number of nitrogens with one attached hydrogen (secondary N) is 2. The van der Waals surface area contributed by atoms with Crippen molar-refractivity contribution in [2.45, 2.75) is 13.8 Å². The molecule has 0 radical (unpaired) electrons. The first-order valence-corrected chi connectivity index (χ1v) is 6.64. The predicted octanol–water partition coefficient (Wildman–Crippen LogP) is 2.35. The van der Waals surface area contributed by atoms with Gasteiger partial charge in [0.25, 0.3) is 0 Å². The highest BCUT2D eigenvalue weighted by atomic mass is 16.1. The van der Waals surface area contributed by atoms with Gasteiger partial charge < -0.3 is 10.9 Å². The normalized spacial score (nSPS) is 9.27. The van der Waals surface area contributed by atoms with E-state index in [1.807, 2.05) is 12.1 Å². The predicted molar refractivity (Wildman–Crippen MR) is 88.5 cm³/mol. The molecule has 0 aliphatic carbocycles. The topological polar surface area (TPSA) is 110 Å². The third-order valence-corrected chi connectivity index (χ3v) is 2.92. The molecule has 0 spiro atoms. The van der Waals surface area contributed by atoms with Crippen LogP contribution in [-0.2, 0) is 0 Å². The third-order valence-electron chi connectivity index (χ3n) is 2.92. The van der Waals surface area contributed by atoms with Crippen molar-refractivity contribution < 1.29 is 9.59 Å². The highest BCUT2D eigenvalue weighted by Gasteiger charge is 2.03. The van der Waals surface area contributed by atoms with Gasteiger partial charge in [-0.25, -0.2) is 0 Å². The molecule has 6 N–H and O–H groups in total. The Labute approximate surface area is 129 Å². The monoisotopic (exact) mass is 300 g/mol. The van der Waals surface area contributed by atoms with Gasteiger partial charge in [0.15, 0.2) is 11.6 Å². The molecule has 6 heteroatoms. The second-order valence-electron chi connectivity index (χ2n) is 4.49. The van der Waals surface area contributed by atoms with Gasteiger partial charge in [-0.15, -0.1) is 0 Å². The van der Waals surface area contributed by atoms with E-state index in [-0.39, 0.29) is 11.6 Å². The molecule has 22 heavy (non-hydrogen) atoms. The summed E-state index contributed by atoms with van der Waals surface area (Å²) in [4.78, 5) is 21.9. The van der Waals surface area contributed by atoms with Gasteiger partial charge in [0.2, 0.25) is 0 Å². The number of ketones is 2. The Morgan fingerprint density at radius 2 is 1.05 bits per heavy atom. The average Bonchev–Trinajstić information content (AvgIpc) is 2.55. The van der Waals surface area contributed by atoms with Gasteiger partial charge in [-0.2, -0.15) is 0 Å². The highest BCUT2D eigenvalue weighted by Crippen LogP contribution is 2.13. The van der Waals surface area contributed by atoms with Crippen molar-refractivity contribution in [3.63, 3.8) is 0 Å². The van der Waals surface area contributed by atoms with Crippen molar-refractivity contribution in [2.24, 2.45) is 11.7 Å². The minimum absolute atomic E-state index is 0.0125. The van der Waals surface area contributed by atoms with Crippen molar-refractivity contribution in [3.8, 4) is 0 Å². The van der Waals surface area contributed by atoms with Crippen molar-refractivity contribution in [3.05, 3.63) is 59.7 Å². The molecular weight excluding hydrogens is 280 g/mol. The second kappa shape index (κ2) is 8.56. The van der Waals surface area contributed by atoms with Crippen LogP contribution < -0.4 is 22.5 Å². The summed E-state index contributed by atoms with van der Waals surface area (Å²) in [6.45, 7) is 3.02. The maximum atomic E-state index is 10.9. The number of hydrogen-bond donors (Lipinski definition) is 4. The van der Waals surface area contributed by atoms with Crippen LogP contribution >= 0.6 is 0 Å². The Morgan fingerprint density at radius 1 is 0.727 bits per heavy atom. The summed E-state index contributed by atoms with van der Waals surface area (Å²) < 4.78 is 0. The molecular formula is C16H20N4O2. The van der Waals surface area contributed by atoms with Crippen LogP contribution in [-0.4, -0.2) is 11.6 Å². The lowest BCUT2D eigenvalue weighted by Crippen LogP contribution is -2.10. The molecule has 0 bridgehead atoms. The molecule has 0 atom stereocenters. The molecule has 0 heterocycles. The molecule has 0 amide bonds. The van der Waals surface area contributed by atoms with Crippen molar-refractivity contribution >= 4 is 22.9 Å². The lowest BCUT2D eigenvalue weighted by Gasteiger charge is -2.03. The Kier molecular flexibility index (Phi) is 6.75. The standard InChI is InChI=1S/2C8H10N2O/c2*1-6(11)7-4-2-3-5-8(7)10-9/h2*2-5,10H,9H2,1H3. The number of anilines is 2. The lowest BCUT2D eigenvalue weighted by atomic mass is 10.1. The molecule has 2 rings (SSSR count). The van der Waals surface area contributed by atoms with Gasteiger partial charge >= 0.3 is 0 Å². The van der Waals surface area contributed by atoms with Gasteiger partial charge in [0.05, 0.1) is 11.4 Å². The number of benzene rings is 2. The third kappa shape index (κ3) is 4.69. The first kappa shape index (κ1) is 17.4. The second-order valence-corrected chi connectivity index (χ2v) is 4.49. The number of carbonyl (C=O) groups excluding carboxylic acids is 2. The number of rotatable bonds is 4. The lowest BCUT2D eigenvalue weighted by molar-refractivity contribution is 0.101. The van der Waals surface area contributed by atoms with E-state index in [4.69, 9.17) is 11.7 Å². The van der Waals surface area contributed by atoms with Gasteiger partial charge in [-0.05, 0) is 38.1 Å². The average molecular weight is 300 g/mol. The van der Waals surface area contributed by atoms with E-state index >= 15 is 0 Å². The van der Waals surface area contributed by atoms with E-state index in [0.717, 1.165) is 0 Å². The van der Waals surface area contributed by atoms with Gasteiger partial charge in [-0.1, -0.05) is 24.3 Å². The summed E-state index contributed by atoms with van der Waals surface area (Å²) in [7, 11) is 0. The number of para-hydroxylation sites is 2. The van der Waals surface area contributed by atoms with E-state index < -0.39 is 0 Å². The SMILES string of the molecule is CC(=O)c1ccccc1NN.CC(=O)c1ccccc1NN. The van der Waals surface area contributed by atoms with Crippen LogP contribution in [0.5, 0.6) is 0 Å². The molecule has 6 nitrogen and oxygen atoms in total. The fraction of sp³-hybridized carbons (Fsp3) is 0.125. The molecule has 0 saturated heterocycles. The van der Waals surface area contributed by atoms with Crippen LogP contribution in [0, 0.1) is 0 Å². The van der Waals surface area contributed by atoms with Crippen molar-refractivity contribution in [1.82, 2.24) is 0 Å². The smallest absolute Gasteiger partial charge is 0.161 e. The van der Waals surface area contributed by atoms with Gasteiger partial charge in [0, 0.05) is 11.1 Å². The molecule has 0 aliphatic rings. The Bertz CT molecular complexity index is 599. The zero-order chi connectivity index (χ0) is 16.5. The molecule has 0 aromatic heterocycles. The Hall–Kier alpha value is -2.70. The minimum atomic E-state index is 0.0125. The zero-order valence-electron chi connectivity index (χ0n) is 12.6. The number of hydrogen-bond acceptors (Lipinski definition) is 6. The first-order valence-electron chi connectivity index (χ1n) is 6.64. The molecule has 0 aliphatic heterocycles. The number of Topliss-reactive ketones (excluding diaryl/α,β-unsaturated/α-hetero) is 2. The van der Waals surface area contributed by atoms with E-state index in [2.05, 4.69) is 10.9 Å². The fourth-order valence-electron chi connectivity index (χ4n) is 1.83. The largest absolute Gasteiger partial charge is 0.323 e. The van der Waals surface area contributed by atoms with Crippen LogP contribution in [0.2, 0.25) is 0 Å². The summed E-state index contributed by atoms with van der Waals surface area (Å²) in [5.74, 6) is 10.4. The maximum Gasteiger partial charge on any atom is 0.161 e. The molecule has 2 aromatic rings. The first-order chi connectivity index (χ1) is 10.5. The molecule has 0 saturated carbocycles. The summed E-state index contributed by atoms with van der Waals surface area (Å²) in [6, 6.07) is 14.2. The molecule has 0 fully saturated rings. The number of carbonyl (C=O) groups is 2. The Morgan fingerprint density at radius 3 is 1.27 bits per heavy atom. The summed E-state index contributed by atoms with van der Waals surface area (Å²) >= 11 is 0. The van der Waals surface area contributed by atoms with Gasteiger partial charge in [-0.3, -0.25) is 21.3 Å². The van der Waals surface area contributed by atoms with E-state index in [9.17, 15) is 9.59 Å². The molecule has 2 aromatic carbocycles. The van der Waals surface area contributed by atoms with Crippen LogP contribution in [0.25, 0.3) is 0 Å². The minimum Gasteiger partial charge on any atom is -0.323 e. The van der Waals surface area contributed by atoms with Crippen LogP contribution in [0.4, 0.5) is 11.4 Å². The Balaban J connectivity index is 0.000000220. The fourth-order valence-corrected chi connectivity index (χ4v) is 1.83. The van der Waals surface area contributed by atoms with Crippen LogP contribution in [0.1, 0.15) is 34.6 Å². The summed E-state index contributed by atoms with van der Waals surface area (Å²) in [6.07, 6.45) is 0. The highest BCUT2D eigenvalue weighted by molar-refractivity contribution is 5.99. The van der Waals surface area contributed by atoms with Crippen LogP contribution in [0.3, 0.4) is 0 Å². The van der Waals surface area contributed by atoms with E-state index in [1.54, 1.807) is 36.4 Å². The molecule has 116 valence electrons. The number of hydrazine groups is 2. The number of nitrogen functional groups attached to an aromatic ring is 2. The summed E-state index contributed by atoms with van der Waals surface area (Å²) in [5, 5.41) is 0. The maximum absolute atomic E-state index is 10.9. The zero-order valence-corrected chi connectivity index (χ0v) is 12.6. The van der Waals surface area contributed by atoms with Crippen molar-refractivity contribution in [1.29, 1.82) is 0 Å². The van der Waals surface area contributed by atoms with E-state index in [0.29, 0.717) is 22.5 Å². The quantitative estimate of drug-likeness (QED) is 0.392. The van der Waals surface area contributed by atoms with Gasteiger partial charge in [0.1, 0.15) is 0 Å².